The highest BCUT2D eigenvalue weighted by atomic mass is 32.2. The summed E-state index contributed by atoms with van der Waals surface area (Å²) in [6, 6.07) is 6.51. The van der Waals surface area contributed by atoms with Crippen molar-refractivity contribution in [3.63, 3.8) is 0 Å². The first-order chi connectivity index (χ1) is 8.58. The van der Waals surface area contributed by atoms with Crippen LogP contribution in [0.4, 0.5) is 0 Å². The van der Waals surface area contributed by atoms with Crippen molar-refractivity contribution in [2.45, 2.75) is 43.8 Å². The van der Waals surface area contributed by atoms with E-state index in [9.17, 15) is 5.11 Å². The van der Waals surface area contributed by atoms with Gasteiger partial charge in [-0.1, -0.05) is 30.7 Å². The third-order valence-corrected chi connectivity index (χ3v) is 6.79. The van der Waals surface area contributed by atoms with Crippen molar-refractivity contribution in [2.75, 3.05) is 11.5 Å². The first-order valence-corrected chi connectivity index (χ1v) is 8.65. The first-order valence-electron chi connectivity index (χ1n) is 6.55. The van der Waals surface area contributed by atoms with E-state index < -0.39 is 0 Å². The van der Waals surface area contributed by atoms with E-state index in [0.717, 1.165) is 6.42 Å². The van der Waals surface area contributed by atoms with Crippen LogP contribution >= 0.6 is 23.5 Å². The molecule has 0 radical (unpaired) electrons. The molecular weight excluding hydrogens is 260 g/mol. The number of aliphatic hydroxyl groups is 1. The van der Waals surface area contributed by atoms with E-state index in [4.69, 9.17) is 0 Å². The van der Waals surface area contributed by atoms with Crippen LogP contribution in [0.1, 0.15) is 23.6 Å². The minimum absolute atomic E-state index is 0.224. The smallest absolute Gasteiger partial charge is 0.0709 e. The molecule has 18 heavy (non-hydrogen) atoms. The van der Waals surface area contributed by atoms with Crippen LogP contribution in [0.15, 0.2) is 18.2 Å². The maximum absolute atomic E-state index is 10.5. The number of hydrogen-bond acceptors (Lipinski definition) is 3. The van der Waals surface area contributed by atoms with Crippen molar-refractivity contribution < 1.29 is 5.11 Å². The van der Waals surface area contributed by atoms with E-state index in [1.807, 2.05) is 23.5 Å². The summed E-state index contributed by atoms with van der Waals surface area (Å²) in [6.45, 7) is 6.49. The molecule has 0 aromatic heterocycles. The largest absolute Gasteiger partial charge is 0.392 e. The summed E-state index contributed by atoms with van der Waals surface area (Å²) >= 11 is 3.93. The van der Waals surface area contributed by atoms with Crippen molar-refractivity contribution in [2.24, 2.45) is 0 Å². The van der Waals surface area contributed by atoms with Crippen molar-refractivity contribution >= 4 is 23.5 Å². The van der Waals surface area contributed by atoms with Crippen LogP contribution in [0.25, 0.3) is 0 Å². The lowest BCUT2D eigenvalue weighted by molar-refractivity contribution is 0.171. The summed E-state index contributed by atoms with van der Waals surface area (Å²) in [5.74, 6) is 2.39. The van der Waals surface area contributed by atoms with Gasteiger partial charge in [-0.3, -0.25) is 0 Å². The van der Waals surface area contributed by atoms with E-state index in [-0.39, 0.29) is 6.10 Å². The van der Waals surface area contributed by atoms with Gasteiger partial charge in [0.25, 0.3) is 0 Å². The lowest BCUT2D eigenvalue weighted by Gasteiger charge is -2.32. The minimum Gasteiger partial charge on any atom is -0.392 e. The molecule has 100 valence electrons. The van der Waals surface area contributed by atoms with Gasteiger partial charge in [0.1, 0.15) is 0 Å². The van der Waals surface area contributed by atoms with E-state index in [2.05, 4.69) is 39.0 Å². The Morgan fingerprint density at radius 1 is 1.28 bits per heavy atom. The number of aliphatic hydroxyl groups excluding tert-OH is 1. The van der Waals surface area contributed by atoms with Crippen LogP contribution in [0.5, 0.6) is 0 Å². The van der Waals surface area contributed by atoms with E-state index in [1.165, 1.54) is 28.2 Å². The predicted octanol–water partition coefficient (Wildman–Crippen LogP) is 3.44. The molecule has 3 unspecified atom stereocenters. The number of rotatable bonds is 3. The molecule has 0 aliphatic carbocycles. The number of thioether (sulfide) groups is 2. The van der Waals surface area contributed by atoms with Crippen LogP contribution in [0, 0.1) is 13.8 Å². The Kier molecular flexibility index (Phi) is 5.05. The Bertz CT molecular complexity index is 405. The SMILES string of the molecule is Cc1ccc(C)c(CC(O)C2SCCSC2C)c1. The van der Waals surface area contributed by atoms with Gasteiger partial charge < -0.3 is 5.11 Å². The average Bonchev–Trinajstić information content (AvgIpc) is 2.34. The Labute approximate surface area is 119 Å². The summed E-state index contributed by atoms with van der Waals surface area (Å²) in [5, 5.41) is 11.4. The zero-order chi connectivity index (χ0) is 13.1. The van der Waals surface area contributed by atoms with Gasteiger partial charge in [-0.15, -0.1) is 0 Å². The molecule has 0 bridgehead atoms. The Morgan fingerprint density at radius 2 is 2.00 bits per heavy atom. The lowest BCUT2D eigenvalue weighted by Crippen LogP contribution is -2.36. The molecule has 0 spiro atoms. The molecule has 1 nitrogen and oxygen atoms in total. The molecule has 1 aromatic rings. The van der Waals surface area contributed by atoms with Gasteiger partial charge in [0.05, 0.1) is 6.10 Å². The second-order valence-electron chi connectivity index (χ2n) is 5.11. The maximum atomic E-state index is 10.5. The molecule has 1 aliphatic rings. The van der Waals surface area contributed by atoms with Gasteiger partial charge in [0.2, 0.25) is 0 Å². The molecule has 1 aromatic carbocycles. The number of benzene rings is 1. The molecule has 3 heteroatoms. The zero-order valence-electron chi connectivity index (χ0n) is 11.3. The fraction of sp³-hybridized carbons (Fsp3) is 0.600. The number of aryl methyl sites for hydroxylation is 2. The molecule has 1 heterocycles. The normalized spacial score (nSPS) is 26.0. The molecule has 1 saturated heterocycles. The molecule has 0 saturated carbocycles. The first kappa shape index (κ1) is 14.3. The van der Waals surface area contributed by atoms with Crippen LogP contribution < -0.4 is 0 Å². The summed E-state index contributed by atoms with van der Waals surface area (Å²) in [5.41, 5.74) is 3.87. The van der Waals surface area contributed by atoms with Crippen molar-refractivity contribution in [3.05, 3.63) is 34.9 Å². The summed E-state index contributed by atoms with van der Waals surface area (Å²) < 4.78 is 0. The van der Waals surface area contributed by atoms with Crippen molar-refractivity contribution in [1.29, 1.82) is 0 Å². The standard InChI is InChI=1S/C15H22OS2/c1-10-4-5-11(2)13(8-10)9-14(16)15-12(3)17-6-7-18-15/h4-5,8,12,14-16H,6-7,9H2,1-3H3. The fourth-order valence-electron chi connectivity index (χ4n) is 2.43. The topological polar surface area (TPSA) is 20.2 Å². The molecule has 0 amide bonds. The van der Waals surface area contributed by atoms with Crippen LogP contribution in [0.2, 0.25) is 0 Å². The third-order valence-electron chi connectivity index (χ3n) is 3.55. The highest BCUT2D eigenvalue weighted by molar-refractivity contribution is 8.07. The number of hydrogen-bond donors (Lipinski definition) is 1. The monoisotopic (exact) mass is 282 g/mol. The molecule has 1 aliphatic heterocycles. The van der Waals surface area contributed by atoms with E-state index in [1.54, 1.807) is 0 Å². The highest BCUT2D eigenvalue weighted by Gasteiger charge is 2.29. The minimum atomic E-state index is -0.224. The van der Waals surface area contributed by atoms with Gasteiger partial charge in [0.15, 0.2) is 0 Å². The summed E-state index contributed by atoms with van der Waals surface area (Å²) in [7, 11) is 0. The molecule has 3 atom stereocenters. The van der Waals surface area contributed by atoms with Crippen molar-refractivity contribution in [1.82, 2.24) is 0 Å². The predicted molar refractivity (Wildman–Crippen MR) is 83.8 cm³/mol. The Hall–Kier alpha value is -0.120. The fourth-order valence-corrected chi connectivity index (χ4v) is 5.28. The van der Waals surface area contributed by atoms with Gasteiger partial charge in [-0.05, 0) is 31.4 Å². The summed E-state index contributed by atoms with van der Waals surface area (Å²) in [6.07, 6.45) is 0.564. The summed E-state index contributed by atoms with van der Waals surface area (Å²) in [4.78, 5) is 0. The van der Waals surface area contributed by atoms with Gasteiger partial charge in [-0.25, -0.2) is 0 Å². The highest BCUT2D eigenvalue weighted by Crippen LogP contribution is 2.34. The van der Waals surface area contributed by atoms with Gasteiger partial charge >= 0.3 is 0 Å². The Balaban J connectivity index is 2.05. The lowest BCUT2D eigenvalue weighted by atomic mass is 9.98. The third kappa shape index (κ3) is 3.46. The van der Waals surface area contributed by atoms with Crippen molar-refractivity contribution in [3.8, 4) is 0 Å². The van der Waals surface area contributed by atoms with E-state index in [0.29, 0.717) is 10.5 Å². The van der Waals surface area contributed by atoms with Crippen LogP contribution in [-0.4, -0.2) is 33.2 Å². The quantitative estimate of drug-likeness (QED) is 0.917. The van der Waals surface area contributed by atoms with Crippen LogP contribution in [-0.2, 0) is 6.42 Å². The maximum Gasteiger partial charge on any atom is 0.0709 e. The molecule has 2 rings (SSSR count). The van der Waals surface area contributed by atoms with E-state index >= 15 is 0 Å². The van der Waals surface area contributed by atoms with Crippen LogP contribution in [0.3, 0.4) is 0 Å². The van der Waals surface area contributed by atoms with Gasteiger partial charge in [0, 0.05) is 22.0 Å². The molecular formula is C15H22OS2. The average molecular weight is 282 g/mol. The second kappa shape index (κ2) is 6.36. The second-order valence-corrected chi connectivity index (χ2v) is 7.88. The van der Waals surface area contributed by atoms with Gasteiger partial charge in [-0.2, -0.15) is 23.5 Å². The zero-order valence-corrected chi connectivity index (χ0v) is 13.0. The Morgan fingerprint density at radius 3 is 2.72 bits per heavy atom. The molecule has 1 fully saturated rings. The molecule has 1 N–H and O–H groups in total.